The Hall–Kier alpha value is -3.24. The molecule has 0 aliphatic carbocycles. The summed E-state index contributed by atoms with van der Waals surface area (Å²) >= 11 is 0. The zero-order valence-electron chi connectivity index (χ0n) is 67.8. The lowest BCUT2D eigenvalue weighted by molar-refractivity contribution is -0.160. The quantitative estimate of drug-likeness (QED) is 0.0253. The van der Waals surface area contributed by atoms with Crippen LogP contribution in [-0.2, 0) is 38.1 Å². The molecule has 0 heterocycles. The normalized spacial score (nSPS) is 13.0. The van der Waals surface area contributed by atoms with E-state index in [0.717, 1.165) is 173 Å². The van der Waals surface area contributed by atoms with Crippen LogP contribution in [0.5, 0.6) is 0 Å². The van der Waals surface area contributed by atoms with Crippen molar-refractivity contribution in [2.75, 3.05) is 53.6 Å². The Morgan fingerprint density at radius 1 is 0.290 bits per heavy atom. The number of nitrogens with zero attached hydrogens (tertiary/aromatic N) is 2. The number of carbonyl (C=O) groups is 4. The highest BCUT2D eigenvalue weighted by molar-refractivity contribution is 5.83. The predicted molar refractivity (Wildman–Crippen MR) is 431 cm³/mol. The Bertz CT molecular complexity index is 1770. The van der Waals surface area contributed by atoms with Crippen molar-refractivity contribution in [3.63, 3.8) is 0 Å². The molecule has 0 fully saturated rings. The smallest absolute Gasteiger partial charge is 0.323 e. The molecule has 0 bridgehead atoms. The van der Waals surface area contributed by atoms with Gasteiger partial charge in [0.2, 0.25) is 0 Å². The van der Waals surface area contributed by atoms with Crippen LogP contribution >= 0.6 is 0 Å². The topological polar surface area (TPSA) is 112 Å². The van der Waals surface area contributed by atoms with Crippen molar-refractivity contribution in [1.82, 2.24) is 9.80 Å². The zero-order valence-corrected chi connectivity index (χ0v) is 67.8. The second-order valence-corrected chi connectivity index (χ2v) is 30.3. The largest absolute Gasteiger partial charge is 0.465 e. The summed E-state index contributed by atoms with van der Waals surface area (Å²) in [6, 6.07) is -0.750. The number of allylic oxidation sites excluding steroid dienone is 8. The molecule has 10 heteroatoms. The van der Waals surface area contributed by atoms with E-state index in [-0.39, 0.29) is 48.2 Å². The Kier molecular flexibility index (Phi) is 75.8. The van der Waals surface area contributed by atoms with Gasteiger partial charge in [0.25, 0.3) is 0 Å². The Labute approximate surface area is 621 Å². The molecule has 0 aromatic rings. The fourth-order valence-corrected chi connectivity index (χ4v) is 13.7. The van der Waals surface area contributed by atoms with E-state index >= 15 is 0 Å². The lowest BCUT2D eigenvalue weighted by Crippen LogP contribution is -2.45. The number of carbonyl (C=O) groups excluding carboxylic acids is 4. The van der Waals surface area contributed by atoms with Gasteiger partial charge in [-0.1, -0.05) is 321 Å². The molecule has 0 radical (unpaired) electrons. The van der Waals surface area contributed by atoms with Crippen LogP contribution in [-0.4, -0.2) is 99.4 Å². The first-order valence-electron chi connectivity index (χ1n) is 43.8. The fourth-order valence-electron chi connectivity index (χ4n) is 13.7. The van der Waals surface area contributed by atoms with Gasteiger partial charge in [0.1, 0.15) is 12.1 Å². The average molecular weight is 1410 g/mol. The summed E-state index contributed by atoms with van der Waals surface area (Å²) in [5.74, 6) is -0.660. The van der Waals surface area contributed by atoms with Crippen LogP contribution in [0.1, 0.15) is 427 Å². The number of ether oxygens (including phenoxy) is 4. The van der Waals surface area contributed by atoms with Crippen molar-refractivity contribution in [3.05, 3.63) is 48.6 Å². The summed E-state index contributed by atoms with van der Waals surface area (Å²) < 4.78 is 24.7. The van der Waals surface area contributed by atoms with Crippen LogP contribution in [0.4, 0.5) is 0 Å². The first kappa shape index (κ1) is 96.8. The summed E-state index contributed by atoms with van der Waals surface area (Å²) in [6.45, 7) is 16.8. The summed E-state index contributed by atoms with van der Waals surface area (Å²) in [5.41, 5.74) is 0. The van der Waals surface area contributed by atoms with Crippen molar-refractivity contribution in [3.8, 4) is 0 Å². The molecule has 3 unspecified atom stereocenters. The maximum Gasteiger partial charge on any atom is 0.323 e. The number of unbranched alkanes of at least 4 members (excludes halogenated alkanes) is 40. The fraction of sp³-hybridized carbons (Fsp3) is 0.867. The van der Waals surface area contributed by atoms with Crippen molar-refractivity contribution in [1.29, 1.82) is 0 Å². The lowest BCUT2D eigenvalue weighted by atomic mass is 9.94. The molecule has 0 N–H and O–H groups in total. The Balaban J connectivity index is 6.32. The molecule has 3 atom stereocenters. The summed E-state index contributed by atoms with van der Waals surface area (Å²) in [6.07, 6.45) is 84.3. The molecule has 0 aromatic heterocycles. The SMILES string of the molecule is CCCCC/C=C/C/C=C/CCCCCCCCC(CCCCCCCC/C=C/C/C=C/CCCCC)OC(=O)CC(C(=O)OCCCN(C)C)N(CCCCCCOC(=O)C(CCCCCC)CCCCCCCC)CCCCCCOC(=O)C(CCCCCC)CCCCCCCC. The van der Waals surface area contributed by atoms with E-state index in [0.29, 0.717) is 39.3 Å². The minimum Gasteiger partial charge on any atom is -0.465 e. The molecule has 0 aliphatic heterocycles. The van der Waals surface area contributed by atoms with Crippen molar-refractivity contribution >= 4 is 23.9 Å². The third-order valence-electron chi connectivity index (χ3n) is 20.3. The van der Waals surface area contributed by atoms with Gasteiger partial charge in [-0.2, -0.15) is 0 Å². The highest BCUT2D eigenvalue weighted by Gasteiger charge is 2.31. The number of hydrogen-bond acceptors (Lipinski definition) is 10. The van der Waals surface area contributed by atoms with E-state index < -0.39 is 6.04 Å². The molecular weight excluding hydrogens is 1240 g/mol. The highest BCUT2D eigenvalue weighted by atomic mass is 16.6. The Morgan fingerprint density at radius 2 is 0.570 bits per heavy atom. The van der Waals surface area contributed by atoms with Gasteiger partial charge >= 0.3 is 23.9 Å². The standard InChI is InChI=1S/C90H168N2O8/c1-9-15-21-27-31-33-35-37-39-41-43-45-47-49-53-63-74-85(75-64-54-50-48-46-44-42-40-38-36-34-32-28-22-16-10-2)100-87(93)82-86(90(96)99-81-69-76-91(7)8)92(77-65-55-57-67-79-97-88(94)83(70-59-25-19-13-5)72-61-51-29-23-17-11-3)78-66-56-58-68-80-98-89(95)84(71-60-26-20-14-6)73-62-52-30-24-18-12-4/h31-34,37-40,83-86H,9-30,35-36,41-82H2,1-8H3/b33-31+,34-32+,39-37+,40-38+. The van der Waals surface area contributed by atoms with E-state index in [1.807, 2.05) is 14.1 Å². The Morgan fingerprint density at radius 3 is 0.940 bits per heavy atom. The van der Waals surface area contributed by atoms with Gasteiger partial charge < -0.3 is 23.8 Å². The predicted octanol–water partition coefficient (Wildman–Crippen LogP) is 26.7. The number of hydrogen-bond donors (Lipinski definition) is 0. The van der Waals surface area contributed by atoms with Gasteiger partial charge in [-0.05, 0) is 175 Å². The second kappa shape index (κ2) is 78.4. The zero-order chi connectivity index (χ0) is 72.9. The van der Waals surface area contributed by atoms with Crippen LogP contribution in [0.15, 0.2) is 48.6 Å². The second-order valence-electron chi connectivity index (χ2n) is 30.3. The molecule has 100 heavy (non-hydrogen) atoms. The van der Waals surface area contributed by atoms with E-state index in [9.17, 15) is 19.2 Å². The highest BCUT2D eigenvalue weighted by Crippen LogP contribution is 2.25. The minimum atomic E-state index is -0.750. The lowest BCUT2D eigenvalue weighted by Gasteiger charge is -2.30. The molecule has 586 valence electrons. The van der Waals surface area contributed by atoms with Gasteiger partial charge in [0, 0.05) is 6.54 Å². The van der Waals surface area contributed by atoms with Crippen molar-refractivity contribution in [2.24, 2.45) is 11.8 Å². The van der Waals surface area contributed by atoms with Crippen molar-refractivity contribution in [2.45, 2.75) is 439 Å². The van der Waals surface area contributed by atoms with Gasteiger partial charge in [-0.25, -0.2) is 0 Å². The molecule has 0 saturated carbocycles. The molecule has 0 saturated heterocycles. The maximum absolute atomic E-state index is 14.6. The van der Waals surface area contributed by atoms with Gasteiger partial charge in [-0.3, -0.25) is 24.1 Å². The molecule has 0 rings (SSSR count). The molecule has 0 spiro atoms. The third-order valence-corrected chi connectivity index (χ3v) is 20.3. The van der Waals surface area contributed by atoms with Crippen LogP contribution in [0.3, 0.4) is 0 Å². The van der Waals surface area contributed by atoms with Crippen molar-refractivity contribution < 1.29 is 38.1 Å². The molecule has 0 aliphatic rings. The van der Waals surface area contributed by atoms with Gasteiger partial charge in [0.05, 0.1) is 38.1 Å². The number of esters is 4. The van der Waals surface area contributed by atoms with Gasteiger partial charge in [-0.15, -0.1) is 0 Å². The molecule has 10 nitrogen and oxygen atoms in total. The summed E-state index contributed by atoms with van der Waals surface area (Å²) in [7, 11) is 4.07. The molecule has 0 amide bonds. The van der Waals surface area contributed by atoms with Crippen LogP contribution in [0.25, 0.3) is 0 Å². The first-order valence-corrected chi connectivity index (χ1v) is 43.8. The average Bonchev–Trinajstić information content (AvgIpc) is 0.889. The van der Waals surface area contributed by atoms with Crippen LogP contribution < -0.4 is 0 Å². The summed E-state index contributed by atoms with van der Waals surface area (Å²) in [4.78, 5) is 60.5. The van der Waals surface area contributed by atoms with E-state index in [4.69, 9.17) is 18.9 Å². The first-order chi connectivity index (χ1) is 49.1. The molecular formula is C90H168N2O8. The van der Waals surface area contributed by atoms with Gasteiger partial charge in [0.15, 0.2) is 0 Å². The van der Waals surface area contributed by atoms with E-state index in [2.05, 4.69) is 100.0 Å². The number of rotatable bonds is 79. The van der Waals surface area contributed by atoms with Crippen LogP contribution in [0.2, 0.25) is 0 Å². The van der Waals surface area contributed by atoms with E-state index in [1.165, 1.54) is 205 Å². The maximum atomic E-state index is 14.6. The summed E-state index contributed by atoms with van der Waals surface area (Å²) in [5, 5.41) is 0. The monoisotopic (exact) mass is 1410 g/mol. The minimum absolute atomic E-state index is 0.00329. The third kappa shape index (κ3) is 66.7. The molecule has 0 aromatic carbocycles. The van der Waals surface area contributed by atoms with Crippen LogP contribution in [0, 0.1) is 11.8 Å². The van der Waals surface area contributed by atoms with E-state index in [1.54, 1.807) is 0 Å².